The van der Waals surface area contributed by atoms with Crippen molar-refractivity contribution in [2.75, 3.05) is 19.6 Å². The maximum Gasteiger partial charge on any atom is 0.317 e. The molecule has 0 atom stereocenters. The number of nitrogens with zero attached hydrogens (tertiary/aromatic N) is 1. The first kappa shape index (κ1) is 19.4. The quantitative estimate of drug-likeness (QED) is 0.825. The first-order valence-electron chi connectivity index (χ1n) is 9.13. The van der Waals surface area contributed by atoms with Crippen LogP contribution >= 0.6 is 0 Å². The molecule has 6 nitrogen and oxygen atoms in total. The number of likely N-dealkylation sites (tertiary alicyclic amines) is 1. The third-order valence-corrected chi connectivity index (χ3v) is 5.92. The molecule has 1 fully saturated rings. The van der Waals surface area contributed by atoms with E-state index in [0.29, 0.717) is 18.9 Å². The summed E-state index contributed by atoms with van der Waals surface area (Å²) in [6.07, 6.45) is 2.59. The molecule has 0 bridgehead atoms. The Morgan fingerprint density at radius 2 is 1.67 bits per heavy atom. The van der Waals surface area contributed by atoms with Crippen LogP contribution < -0.4 is 10.5 Å². The summed E-state index contributed by atoms with van der Waals surface area (Å²) in [5, 5.41) is 8.03. The van der Waals surface area contributed by atoms with E-state index in [2.05, 4.69) is 29.6 Å². The lowest BCUT2D eigenvalue weighted by Gasteiger charge is -2.32. The van der Waals surface area contributed by atoms with Crippen molar-refractivity contribution in [1.29, 1.82) is 0 Å². The average Bonchev–Trinajstić information content (AvgIpc) is 2.68. The molecule has 0 radical (unpaired) electrons. The van der Waals surface area contributed by atoms with Crippen LogP contribution in [-0.2, 0) is 16.4 Å². The lowest BCUT2D eigenvalue weighted by molar-refractivity contribution is 0.181. The normalized spacial score (nSPS) is 15.5. The Bertz CT molecular complexity index is 859. The van der Waals surface area contributed by atoms with Gasteiger partial charge in [-0.25, -0.2) is 18.4 Å². The number of hydrogen-bond donors (Lipinski definition) is 2. The second-order valence-corrected chi connectivity index (χ2v) is 8.40. The topological polar surface area (TPSA) is 92.5 Å². The molecule has 3 rings (SSSR count). The minimum atomic E-state index is -3.67. The summed E-state index contributed by atoms with van der Waals surface area (Å²) < 4.78 is 22.5. The number of urea groups is 1. The highest BCUT2D eigenvalue weighted by molar-refractivity contribution is 7.89. The predicted octanol–water partition coefficient (Wildman–Crippen LogP) is 2.47. The lowest BCUT2D eigenvalue weighted by atomic mass is 9.90. The van der Waals surface area contributed by atoms with Crippen molar-refractivity contribution in [1.82, 2.24) is 10.2 Å². The van der Waals surface area contributed by atoms with Gasteiger partial charge in [0, 0.05) is 19.6 Å². The highest BCUT2D eigenvalue weighted by atomic mass is 32.2. The Labute approximate surface area is 160 Å². The highest BCUT2D eigenvalue weighted by Crippen LogP contribution is 2.27. The van der Waals surface area contributed by atoms with Crippen LogP contribution in [0.2, 0.25) is 0 Å². The van der Waals surface area contributed by atoms with Crippen molar-refractivity contribution in [3.05, 3.63) is 65.7 Å². The molecule has 0 aromatic heterocycles. The molecule has 2 aromatic carbocycles. The van der Waals surface area contributed by atoms with Gasteiger partial charge in [0.2, 0.25) is 10.0 Å². The summed E-state index contributed by atoms with van der Waals surface area (Å²) in [6.45, 7) is 2.02. The summed E-state index contributed by atoms with van der Waals surface area (Å²) in [5.41, 5.74) is 2.30. The van der Waals surface area contributed by atoms with Gasteiger partial charge in [-0.15, -0.1) is 0 Å². The monoisotopic (exact) mass is 387 g/mol. The molecule has 2 amide bonds. The molecule has 1 aliphatic rings. The lowest BCUT2D eigenvalue weighted by Crippen LogP contribution is -2.44. The molecule has 0 unspecified atom stereocenters. The van der Waals surface area contributed by atoms with E-state index in [4.69, 9.17) is 5.14 Å². The van der Waals surface area contributed by atoms with Crippen molar-refractivity contribution in [2.45, 2.75) is 30.1 Å². The van der Waals surface area contributed by atoms with Crippen LogP contribution in [0.4, 0.5) is 4.79 Å². The van der Waals surface area contributed by atoms with Gasteiger partial charge in [-0.05, 0) is 48.4 Å². The molecule has 1 heterocycles. The van der Waals surface area contributed by atoms with Crippen LogP contribution in [0.1, 0.15) is 29.9 Å². The molecule has 3 N–H and O–H groups in total. The minimum Gasteiger partial charge on any atom is -0.338 e. The van der Waals surface area contributed by atoms with E-state index in [1.54, 1.807) is 12.1 Å². The fraction of sp³-hybridized carbons (Fsp3) is 0.350. The number of benzene rings is 2. The van der Waals surface area contributed by atoms with Crippen LogP contribution in [0.5, 0.6) is 0 Å². The molecule has 27 heavy (non-hydrogen) atoms. The number of amides is 2. The van der Waals surface area contributed by atoms with Gasteiger partial charge in [-0.1, -0.05) is 42.5 Å². The second-order valence-electron chi connectivity index (χ2n) is 6.84. The number of nitrogens with two attached hydrogens (primary N) is 1. The number of carbonyl (C=O) groups excluding carboxylic acids is 1. The number of nitrogens with one attached hydrogen (secondary N) is 1. The van der Waals surface area contributed by atoms with E-state index in [0.717, 1.165) is 31.5 Å². The van der Waals surface area contributed by atoms with Crippen LogP contribution in [0.3, 0.4) is 0 Å². The van der Waals surface area contributed by atoms with Gasteiger partial charge in [-0.3, -0.25) is 0 Å². The van der Waals surface area contributed by atoms with Gasteiger partial charge in [-0.2, -0.15) is 0 Å². The number of piperidine rings is 1. The van der Waals surface area contributed by atoms with Gasteiger partial charge in [0.15, 0.2) is 0 Å². The van der Waals surface area contributed by atoms with E-state index in [-0.39, 0.29) is 10.9 Å². The van der Waals surface area contributed by atoms with Crippen LogP contribution in [0, 0.1) is 0 Å². The van der Waals surface area contributed by atoms with E-state index < -0.39 is 10.0 Å². The van der Waals surface area contributed by atoms with Crippen LogP contribution in [0.25, 0.3) is 0 Å². The Hall–Kier alpha value is -2.38. The molecule has 144 valence electrons. The Morgan fingerprint density at radius 1 is 1.04 bits per heavy atom. The number of carbonyl (C=O) groups is 1. The molecular weight excluding hydrogens is 362 g/mol. The SMILES string of the molecule is NS(=O)(=O)c1ccc(CCNC(=O)N2CCC(c3ccccc3)CC2)cc1. The summed E-state index contributed by atoms with van der Waals surface area (Å²) in [7, 11) is -3.67. The number of rotatable bonds is 5. The fourth-order valence-electron chi connectivity index (χ4n) is 3.41. The Morgan fingerprint density at radius 3 is 2.26 bits per heavy atom. The van der Waals surface area contributed by atoms with Crippen LogP contribution in [-0.4, -0.2) is 39.0 Å². The van der Waals surface area contributed by atoms with Crippen molar-refractivity contribution in [2.24, 2.45) is 5.14 Å². The van der Waals surface area contributed by atoms with Gasteiger partial charge in [0.1, 0.15) is 0 Å². The van der Waals surface area contributed by atoms with E-state index >= 15 is 0 Å². The number of sulfonamides is 1. The zero-order valence-electron chi connectivity index (χ0n) is 15.2. The standard InChI is InChI=1S/C20H25N3O3S/c21-27(25,26)19-8-6-16(7-9-19)10-13-22-20(24)23-14-11-18(12-15-23)17-4-2-1-3-5-17/h1-9,18H,10-15H2,(H,22,24)(H2,21,25,26). The molecular formula is C20H25N3O3S. The van der Waals surface area contributed by atoms with E-state index in [1.807, 2.05) is 11.0 Å². The second kappa shape index (κ2) is 8.54. The fourth-order valence-corrected chi connectivity index (χ4v) is 3.93. The van der Waals surface area contributed by atoms with Crippen molar-refractivity contribution in [3.63, 3.8) is 0 Å². The van der Waals surface area contributed by atoms with Gasteiger partial charge < -0.3 is 10.2 Å². The maximum atomic E-state index is 12.3. The molecule has 0 saturated carbocycles. The number of hydrogen-bond acceptors (Lipinski definition) is 3. The Kier molecular flexibility index (Phi) is 6.13. The van der Waals surface area contributed by atoms with Crippen molar-refractivity contribution >= 4 is 16.1 Å². The van der Waals surface area contributed by atoms with Crippen molar-refractivity contribution in [3.8, 4) is 0 Å². The number of primary sulfonamides is 1. The minimum absolute atomic E-state index is 0.0392. The molecule has 1 aliphatic heterocycles. The van der Waals surface area contributed by atoms with Gasteiger partial charge in [0.05, 0.1) is 4.90 Å². The summed E-state index contributed by atoms with van der Waals surface area (Å²) in [5.74, 6) is 0.521. The van der Waals surface area contributed by atoms with E-state index in [9.17, 15) is 13.2 Å². The molecule has 0 spiro atoms. The third kappa shape index (κ3) is 5.30. The summed E-state index contributed by atoms with van der Waals surface area (Å²) in [4.78, 5) is 14.3. The smallest absolute Gasteiger partial charge is 0.317 e. The molecule has 2 aromatic rings. The largest absolute Gasteiger partial charge is 0.338 e. The zero-order chi connectivity index (χ0) is 19.3. The maximum absolute atomic E-state index is 12.3. The molecule has 7 heteroatoms. The van der Waals surface area contributed by atoms with Gasteiger partial charge in [0.25, 0.3) is 0 Å². The first-order valence-corrected chi connectivity index (χ1v) is 10.7. The summed E-state index contributed by atoms with van der Waals surface area (Å²) in [6, 6.07) is 16.8. The first-order chi connectivity index (χ1) is 12.9. The van der Waals surface area contributed by atoms with Crippen LogP contribution in [0.15, 0.2) is 59.5 Å². The molecule has 1 saturated heterocycles. The highest BCUT2D eigenvalue weighted by Gasteiger charge is 2.23. The third-order valence-electron chi connectivity index (χ3n) is 4.99. The Balaban J connectivity index is 1.42. The molecule has 0 aliphatic carbocycles. The van der Waals surface area contributed by atoms with Gasteiger partial charge >= 0.3 is 6.03 Å². The summed E-state index contributed by atoms with van der Waals surface area (Å²) >= 11 is 0. The van der Waals surface area contributed by atoms with Crippen molar-refractivity contribution < 1.29 is 13.2 Å². The predicted molar refractivity (Wildman–Crippen MR) is 105 cm³/mol. The zero-order valence-corrected chi connectivity index (χ0v) is 16.0. The van der Waals surface area contributed by atoms with E-state index in [1.165, 1.54) is 17.7 Å². The average molecular weight is 388 g/mol.